The third-order valence-corrected chi connectivity index (χ3v) is 25.5. The molecule has 5 aliphatic heterocycles. The minimum atomic E-state index is -3.90. The molecule has 588 valence electrons. The molecule has 3 saturated heterocycles. The molecule has 0 saturated carbocycles. The molecule has 3 N–H and O–H groups in total. The van der Waals surface area contributed by atoms with E-state index in [9.17, 15) is 48.4 Å². The van der Waals surface area contributed by atoms with E-state index in [-0.39, 0.29) is 76.5 Å². The van der Waals surface area contributed by atoms with Crippen molar-refractivity contribution in [3.63, 3.8) is 0 Å². The standard InChI is InChI=1S/C26H28ClFN6O3S.C26H29FN6O3S.C24H24ClN5O3S2.6H2/c1-18(34-12-2-3-19-17-20(27)4-9-23(19)34)26(35)33-15-13-32(14-16-33)21-5-7-22(8-6-21)38(36,37)31-25-11-10-24(28)29-30-25;1-19(33-12-2-3-20-17-21(27)4-9-24(20)33)26(34)32-15-13-31(14-16-32)22-5-7-23(8-6-22)37(35,36)30-25-18-28-10-11-29-25;1-17(30-9-7-18-5-6-19(25)15-22(18)30)23(31)29-12-10-28(11-13-29)20-3-2-4-21(16-20)35(32,33)27-24-26-8-14-34-24;;;;;;/h4-11,17-18H,2-3,12-16H2,1H3,(H,30,31);4-11,17-19H,2-3,12-16H2,1H3,(H,29,30);2-9,14-17H,10-13H2,1H3,(H,26,27);6*1H/t18-;19-;17-;;;;;;/m110....../s1. The lowest BCUT2D eigenvalue weighted by Crippen LogP contribution is -2.55. The number of fused-ring (bicyclic) bond motifs is 3. The number of anilines is 8. The summed E-state index contributed by atoms with van der Waals surface area (Å²) in [5, 5.41) is 11.1. The van der Waals surface area contributed by atoms with E-state index in [2.05, 4.69) is 63.8 Å². The first-order valence-corrected chi connectivity index (χ1v) is 41.9. The van der Waals surface area contributed by atoms with Crippen LogP contribution < -0.4 is 38.7 Å². The van der Waals surface area contributed by atoms with Crippen LogP contribution in [0.25, 0.3) is 10.9 Å². The number of piperazine rings is 3. The van der Waals surface area contributed by atoms with Gasteiger partial charge in [-0.25, -0.2) is 39.6 Å². The molecule has 5 aliphatic rings. The summed E-state index contributed by atoms with van der Waals surface area (Å²) >= 11 is 13.6. The molecule has 3 fully saturated rings. The first kappa shape index (κ1) is 77.9. The zero-order valence-corrected chi connectivity index (χ0v) is 65.1. The largest absolute Gasteiger partial charge is 0.368 e. The van der Waals surface area contributed by atoms with E-state index in [1.165, 1.54) is 59.8 Å². The molecule has 26 nitrogen and oxygen atoms in total. The van der Waals surface area contributed by atoms with E-state index in [4.69, 9.17) is 23.2 Å². The molecule has 0 bridgehead atoms. The average Bonchev–Trinajstić information content (AvgIpc) is 1.38. The highest BCUT2D eigenvalue weighted by atomic mass is 35.5. The number of halogens is 4. The fraction of sp³-hybridized carbons (Fsp3) is 0.316. The maximum absolute atomic E-state index is 13.7. The van der Waals surface area contributed by atoms with E-state index in [1.807, 2.05) is 94.8 Å². The van der Waals surface area contributed by atoms with Gasteiger partial charge in [0.2, 0.25) is 23.7 Å². The van der Waals surface area contributed by atoms with Crippen LogP contribution in [0.3, 0.4) is 0 Å². The number of amides is 3. The van der Waals surface area contributed by atoms with Gasteiger partial charge in [0.25, 0.3) is 30.1 Å². The van der Waals surface area contributed by atoms with Gasteiger partial charge < -0.3 is 43.8 Å². The predicted octanol–water partition coefficient (Wildman–Crippen LogP) is 12.4. The molecule has 3 atom stereocenters. The molecule has 0 unspecified atom stereocenters. The van der Waals surface area contributed by atoms with Crippen LogP contribution in [0.4, 0.5) is 54.0 Å². The molecule has 4 aromatic heterocycles. The number of nitrogens with zero attached hydrogens (tertiary/aromatic N) is 14. The predicted molar refractivity (Wildman–Crippen MR) is 437 cm³/mol. The fourth-order valence-electron chi connectivity index (χ4n) is 14.3. The molecule has 9 heterocycles. The lowest BCUT2D eigenvalue weighted by Gasteiger charge is -2.41. The Labute approximate surface area is 660 Å². The number of nitrogens with one attached hydrogen (secondary N) is 3. The fourth-order valence-corrected chi connectivity index (χ4v) is 18.4. The second-order valence-electron chi connectivity index (χ2n) is 27.0. The normalized spacial score (nSPS) is 16.3. The maximum Gasteiger partial charge on any atom is 0.263 e. The number of rotatable bonds is 18. The number of sulfonamides is 3. The van der Waals surface area contributed by atoms with Crippen LogP contribution in [-0.4, -0.2) is 191 Å². The van der Waals surface area contributed by atoms with Crippen molar-refractivity contribution in [2.75, 3.05) is 130 Å². The Balaban J connectivity index is 0.000000235. The molecule has 6 aromatic carbocycles. The average molecular weight is 1630 g/mol. The van der Waals surface area contributed by atoms with Gasteiger partial charge in [-0.1, -0.05) is 35.3 Å². The Morgan fingerprint density at radius 1 is 0.482 bits per heavy atom. The highest BCUT2D eigenvalue weighted by Crippen LogP contribution is 2.35. The second-order valence-corrected chi connectivity index (χ2v) is 33.8. The molecular formula is C76H93Cl2F2N17O9S4. The van der Waals surface area contributed by atoms with Crippen LogP contribution in [0.2, 0.25) is 10.0 Å². The van der Waals surface area contributed by atoms with E-state index in [1.54, 1.807) is 78.3 Å². The highest BCUT2D eigenvalue weighted by molar-refractivity contribution is 7.93. The summed E-state index contributed by atoms with van der Waals surface area (Å²) in [5.74, 6) is -0.744. The van der Waals surface area contributed by atoms with Crippen molar-refractivity contribution in [2.24, 2.45) is 0 Å². The van der Waals surface area contributed by atoms with Crippen LogP contribution in [-0.2, 0) is 57.3 Å². The number of benzene rings is 6. The minimum absolute atomic E-state index is 0. The van der Waals surface area contributed by atoms with Gasteiger partial charge in [-0.3, -0.25) is 33.5 Å². The van der Waals surface area contributed by atoms with E-state index in [0.29, 0.717) is 93.7 Å². The molecule has 10 aromatic rings. The van der Waals surface area contributed by atoms with Crippen molar-refractivity contribution in [3.8, 4) is 0 Å². The zero-order chi connectivity index (χ0) is 77.4. The molecule has 0 aliphatic carbocycles. The maximum atomic E-state index is 13.7. The molecular weight excluding hydrogens is 1530 g/mol. The van der Waals surface area contributed by atoms with Crippen LogP contribution in [0.1, 0.15) is 59.3 Å². The van der Waals surface area contributed by atoms with Crippen molar-refractivity contribution < 1.29 is 57.0 Å². The number of carbonyl (C=O) groups excluding carboxylic acids is 3. The summed E-state index contributed by atoms with van der Waals surface area (Å²) in [4.78, 5) is 68.4. The lowest BCUT2D eigenvalue weighted by atomic mass is 9.99. The van der Waals surface area contributed by atoms with Crippen molar-refractivity contribution in [3.05, 3.63) is 215 Å². The number of hydrogen-bond donors (Lipinski definition) is 3. The van der Waals surface area contributed by atoms with Gasteiger partial charge in [0.05, 0.1) is 26.4 Å². The summed E-state index contributed by atoms with van der Waals surface area (Å²) in [6.45, 7) is 14.6. The Kier molecular flexibility index (Phi) is 24.0. The van der Waals surface area contributed by atoms with Gasteiger partial charge in [-0.05, 0) is 196 Å². The number of carbonyl (C=O) groups is 3. The zero-order valence-electron chi connectivity index (χ0n) is 60.4. The van der Waals surface area contributed by atoms with E-state index >= 15 is 0 Å². The Morgan fingerprint density at radius 2 is 1.00 bits per heavy atom. The number of aryl methyl sites for hydroxylation is 2. The van der Waals surface area contributed by atoms with Gasteiger partial charge in [-0.2, -0.15) is 4.39 Å². The molecule has 15 rings (SSSR count). The highest BCUT2D eigenvalue weighted by Gasteiger charge is 2.35. The van der Waals surface area contributed by atoms with E-state index in [0.717, 1.165) is 89.7 Å². The SMILES string of the molecule is C[C@@H](C(=O)N1CCN(c2cccc(S(=O)(=O)Nc3nccs3)c2)CC1)n1ccc2ccc(Cl)cc21.C[C@H](C(=O)N1CCN(c2ccc(S(=O)(=O)Nc3ccc(F)nn3)cc2)CC1)N1CCCc2cc(Cl)ccc21.C[C@H](C(=O)N1CCN(c2ccc(S(=O)(=O)Nc3cnccn3)cc2)CC1)N1CCCc2cc(F)ccc21.[HH].[HH].[HH].[HH].[HH].[HH]. The summed E-state index contributed by atoms with van der Waals surface area (Å²) in [7, 11) is -11.4. The molecule has 0 spiro atoms. The number of hydrogen-bond acceptors (Lipinski definition) is 20. The number of aromatic nitrogens is 6. The first-order chi connectivity index (χ1) is 52.8. The van der Waals surface area contributed by atoms with Crippen LogP contribution in [0.15, 0.2) is 197 Å². The van der Waals surface area contributed by atoms with Crippen LogP contribution in [0, 0.1) is 11.8 Å². The smallest absolute Gasteiger partial charge is 0.263 e. The van der Waals surface area contributed by atoms with Crippen LogP contribution in [0.5, 0.6) is 0 Å². The molecule has 110 heavy (non-hydrogen) atoms. The monoisotopic (exact) mass is 1620 g/mol. The van der Waals surface area contributed by atoms with Gasteiger partial charge in [0.15, 0.2) is 16.8 Å². The summed E-state index contributed by atoms with van der Waals surface area (Å²) in [5.41, 5.74) is 7.65. The third kappa shape index (κ3) is 18.3. The minimum Gasteiger partial charge on any atom is -0.368 e. The molecule has 34 heteroatoms. The van der Waals surface area contributed by atoms with E-state index < -0.39 is 36.0 Å². The van der Waals surface area contributed by atoms with Crippen molar-refractivity contribution in [1.82, 2.24) is 44.4 Å². The van der Waals surface area contributed by atoms with Gasteiger partial charge in [-0.15, -0.1) is 21.5 Å². The summed E-state index contributed by atoms with van der Waals surface area (Å²) in [6.07, 6.45) is 11.4. The topological polar surface area (TPSA) is 285 Å². The number of thiazole rings is 1. The molecule has 0 radical (unpaired) electrons. The quantitative estimate of drug-likeness (QED) is 0.0719. The summed E-state index contributed by atoms with van der Waals surface area (Å²) < 4.78 is 112. The van der Waals surface area contributed by atoms with Crippen molar-refractivity contribution in [1.29, 1.82) is 0 Å². The lowest BCUT2D eigenvalue weighted by molar-refractivity contribution is -0.134. The Bertz CT molecular complexity index is 5310. The van der Waals surface area contributed by atoms with Gasteiger partial charge >= 0.3 is 0 Å². The van der Waals surface area contributed by atoms with Gasteiger partial charge in [0, 0.05) is 169 Å². The third-order valence-electron chi connectivity index (χ3n) is 20.1. The Morgan fingerprint density at radius 3 is 1.54 bits per heavy atom. The van der Waals surface area contributed by atoms with Crippen LogP contribution >= 0.6 is 34.5 Å². The second kappa shape index (κ2) is 33.9. The Hall–Kier alpha value is -10.3. The molecule has 3 amide bonds. The summed E-state index contributed by atoms with van der Waals surface area (Å²) in [6, 6.07) is 39.6. The van der Waals surface area contributed by atoms with Crippen molar-refractivity contribution in [2.45, 2.75) is 79.3 Å². The first-order valence-electron chi connectivity index (χ1n) is 35.9. The van der Waals surface area contributed by atoms with Gasteiger partial charge in [0.1, 0.15) is 23.9 Å². The van der Waals surface area contributed by atoms with Crippen molar-refractivity contribution >= 4 is 138 Å².